The van der Waals surface area contributed by atoms with Gasteiger partial charge >= 0.3 is 0 Å². The van der Waals surface area contributed by atoms with Gasteiger partial charge in [0.15, 0.2) is 0 Å². The zero-order valence-corrected chi connectivity index (χ0v) is 11.8. The largest absolute Gasteiger partial charge is 0.459 e. The zero-order chi connectivity index (χ0) is 13.9. The molecular weight excluding hydrogens is 248 g/mol. The van der Waals surface area contributed by atoms with E-state index < -0.39 is 0 Å². The molecule has 0 bridgehead atoms. The van der Waals surface area contributed by atoms with E-state index in [1.165, 1.54) is 0 Å². The van der Waals surface area contributed by atoms with E-state index in [4.69, 9.17) is 4.42 Å². The summed E-state index contributed by atoms with van der Waals surface area (Å²) in [4.78, 5) is 4.33. The van der Waals surface area contributed by atoms with Crippen LogP contribution < -0.4 is 5.32 Å². The Labute approximate surface area is 118 Å². The van der Waals surface area contributed by atoms with Gasteiger partial charge < -0.3 is 9.73 Å². The van der Waals surface area contributed by atoms with E-state index in [2.05, 4.69) is 42.3 Å². The van der Waals surface area contributed by atoms with Crippen molar-refractivity contribution in [2.24, 2.45) is 0 Å². The first-order valence-electron chi connectivity index (χ1n) is 6.96. The Hall–Kier alpha value is -2.13. The minimum absolute atomic E-state index is 0.232. The number of hydrogen-bond donors (Lipinski definition) is 1. The van der Waals surface area contributed by atoms with Crippen LogP contribution in [-0.4, -0.2) is 11.5 Å². The van der Waals surface area contributed by atoms with E-state index in [1.807, 2.05) is 30.5 Å². The minimum Gasteiger partial charge on any atom is -0.459 e. The second-order valence-electron chi connectivity index (χ2n) is 4.89. The summed E-state index contributed by atoms with van der Waals surface area (Å²) in [7, 11) is 0. The van der Waals surface area contributed by atoms with Crippen LogP contribution in [0.4, 0.5) is 0 Å². The standard InChI is InChI=1S/C17H18N2O/c1-3-18-12(2)16-8-9-17(20-16)14-6-7-15-13(11-14)5-4-10-19-15/h4-12,18H,3H2,1-2H3. The number of furan rings is 1. The number of pyridine rings is 1. The van der Waals surface area contributed by atoms with Crippen LogP contribution in [0, 0.1) is 0 Å². The summed E-state index contributed by atoms with van der Waals surface area (Å²) in [6.07, 6.45) is 1.81. The van der Waals surface area contributed by atoms with Gasteiger partial charge in [-0.2, -0.15) is 0 Å². The molecule has 3 heteroatoms. The van der Waals surface area contributed by atoms with Crippen molar-refractivity contribution in [3.05, 3.63) is 54.4 Å². The molecule has 0 radical (unpaired) electrons. The van der Waals surface area contributed by atoms with Crippen molar-refractivity contribution < 1.29 is 4.42 Å². The summed E-state index contributed by atoms with van der Waals surface area (Å²) < 4.78 is 5.95. The summed E-state index contributed by atoms with van der Waals surface area (Å²) in [6, 6.07) is 14.5. The van der Waals surface area contributed by atoms with Gasteiger partial charge in [-0.25, -0.2) is 0 Å². The Morgan fingerprint density at radius 3 is 2.95 bits per heavy atom. The van der Waals surface area contributed by atoms with Gasteiger partial charge in [-0.3, -0.25) is 4.98 Å². The van der Waals surface area contributed by atoms with E-state index in [1.54, 1.807) is 0 Å². The van der Waals surface area contributed by atoms with Crippen molar-refractivity contribution in [2.75, 3.05) is 6.54 Å². The average molecular weight is 266 g/mol. The molecule has 1 aromatic carbocycles. The van der Waals surface area contributed by atoms with E-state index in [0.717, 1.165) is 34.5 Å². The monoisotopic (exact) mass is 266 g/mol. The van der Waals surface area contributed by atoms with E-state index in [0.29, 0.717) is 0 Å². The van der Waals surface area contributed by atoms with Crippen molar-refractivity contribution in [1.82, 2.24) is 10.3 Å². The highest BCUT2D eigenvalue weighted by Crippen LogP contribution is 2.27. The first-order chi connectivity index (χ1) is 9.78. The lowest BCUT2D eigenvalue weighted by Gasteiger charge is -2.08. The molecule has 2 aromatic heterocycles. The molecule has 0 saturated heterocycles. The van der Waals surface area contributed by atoms with Gasteiger partial charge in [0.25, 0.3) is 0 Å². The molecule has 0 aliphatic heterocycles. The molecule has 0 spiro atoms. The Bertz CT molecular complexity index is 718. The van der Waals surface area contributed by atoms with E-state index in [-0.39, 0.29) is 6.04 Å². The normalized spacial score (nSPS) is 12.7. The highest BCUT2D eigenvalue weighted by Gasteiger charge is 2.10. The fraction of sp³-hybridized carbons (Fsp3) is 0.235. The maximum Gasteiger partial charge on any atom is 0.134 e. The molecule has 1 N–H and O–H groups in total. The van der Waals surface area contributed by atoms with Gasteiger partial charge in [0.1, 0.15) is 11.5 Å². The highest BCUT2D eigenvalue weighted by molar-refractivity contribution is 5.83. The highest BCUT2D eigenvalue weighted by atomic mass is 16.3. The third kappa shape index (κ3) is 2.45. The SMILES string of the molecule is CCNC(C)c1ccc(-c2ccc3ncccc3c2)o1. The summed E-state index contributed by atoms with van der Waals surface area (Å²) in [5.74, 6) is 1.86. The maximum absolute atomic E-state index is 5.95. The second kappa shape index (κ2) is 5.47. The van der Waals surface area contributed by atoms with Crippen LogP contribution in [0.3, 0.4) is 0 Å². The Kier molecular flexibility index (Phi) is 3.52. The van der Waals surface area contributed by atoms with Gasteiger partial charge in [0, 0.05) is 17.1 Å². The fourth-order valence-electron chi connectivity index (χ4n) is 2.38. The minimum atomic E-state index is 0.232. The first kappa shape index (κ1) is 12.9. The van der Waals surface area contributed by atoms with Crippen molar-refractivity contribution >= 4 is 10.9 Å². The molecule has 102 valence electrons. The molecule has 2 heterocycles. The van der Waals surface area contributed by atoms with Gasteiger partial charge in [-0.15, -0.1) is 0 Å². The quantitative estimate of drug-likeness (QED) is 0.770. The number of rotatable bonds is 4. The molecule has 0 fully saturated rings. The number of nitrogens with one attached hydrogen (secondary N) is 1. The number of benzene rings is 1. The molecule has 3 nitrogen and oxygen atoms in total. The molecule has 3 aromatic rings. The fourth-order valence-corrected chi connectivity index (χ4v) is 2.38. The van der Waals surface area contributed by atoms with Crippen LogP contribution in [0.2, 0.25) is 0 Å². The van der Waals surface area contributed by atoms with Crippen LogP contribution in [-0.2, 0) is 0 Å². The van der Waals surface area contributed by atoms with E-state index in [9.17, 15) is 0 Å². The average Bonchev–Trinajstić information content (AvgIpc) is 2.97. The van der Waals surface area contributed by atoms with Gasteiger partial charge in [-0.05, 0) is 49.9 Å². The van der Waals surface area contributed by atoms with Gasteiger partial charge in [-0.1, -0.05) is 13.0 Å². The first-order valence-corrected chi connectivity index (χ1v) is 6.96. The smallest absolute Gasteiger partial charge is 0.134 e. The number of nitrogens with zero attached hydrogens (tertiary/aromatic N) is 1. The van der Waals surface area contributed by atoms with Crippen LogP contribution in [0.25, 0.3) is 22.2 Å². The van der Waals surface area contributed by atoms with Crippen molar-refractivity contribution in [1.29, 1.82) is 0 Å². The van der Waals surface area contributed by atoms with Crippen LogP contribution in [0.15, 0.2) is 53.1 Å². The van der Waals surface area contributed by atoms with Crippen molar-refractivity contribution in [3.8, 4) is 11.3 Å². The molecular formula is C17H18N2O. The summed E-state index contributed by atoms with van der Waals surface area (Å²) in [5, 5.41) is 4.48. The van der Waals surface area contributed by atoms with Crippen LogP contribution in [0.5, 0.6) is 0 Å². The maximum atomic E-state index is 5.95. The number of hydrogen-bond acceptors (Lipinski definition) is 3. The third-order valence-electron chi connectivity index (χ3n) is 3.45. The molecule has 0 aliphatic carbocycles. The number of fused-ring (bicyclic) bond motifs is 1. The third-order valence-corrected chi connectivity index (χ3v) is 3.45. The molecule has 1 atom stereocenters. The number of aromatic nitrogens is 1. The Balaban J connectivity index is 1.94. The lowest BCUT2D eigenvalue weighted by Crippen LogP contribution is -2.16. The molecule has 20 heavy (non-hydrogen) atoms. The molecule has 3 rings (SSSR count). The topological polar surface area (TPSA) is 38.1 Å². The van der Waals surface area contributed by atoms with Gasteiger partial charge in [0.2, 0.25) is 0 Å². The summed E-state index contributed by atoms with van der Waals surface area (Å²) in [5.41, 5.74) is 2.09. The molecule has 0 amide bonds. The second-order valence-corrected chi connectivity index (χ2v) is 4.89. The summed E-state index contributed by atoms with van der Waals surface area (Å²) in [6.45, 7) is 5.13. The predicted molar refractivity (Wildman–Crippen MR) is 81.5 cm³/mol. The van der Waals surface area contributed by atoms with Crippen molar-refractivity contribution in [2.45, 2.75) is 19.9 Å². The molecule has 1 unspecified atom stereocenters. The Morgan fingerprint density at radius 1 is 1.20 bits per heavy atom. The predicted octanol–water partition coefficient (Wildman–Crippen LogP) is 4.17. The van der Waals surface area contributed by atoms with Gasteiger partial charge in [0.05, 0.1) is 11.6 Å². The molecule has 0 saturated carbocycles. The summed E-state index contributed by atoms with van der Waals surface area (Å²) >= 11 is 0. The van der Waals surface area contributed by atoms with Crippen LogP contribution >= 0.6 is 0 Å². The molecule has 0 aliphatic rings. The van der Waals surface area contributed by atoms with E-state index >= 15 is 0 Å². The lowest BCUT2D eigenvalue weighted by molar-refractivity contribution is 0.445. The Morgan fingerprint density at radius 2 is 2.10 bits per heavy atom. The zero-order valence-electron chi connectivity index (χ0n) is 11.8. The lowest BCUT2D eigenvalue weighted by atomic mass is 10.1. The van der Waals surface area contributed by atoms with Crippen LogP contribution in [0.1, 0.15) is 25.6 Å². The van der Waals surface area contributed by atoms with Crippen molar-refractivity contribution in [3.63, 3.8) is 0 Å².